The molecule has 0 bridgehead atoms. The molecule has 6 heteroatoms. The number of amides is 1. The van der Waals surface area contributed by atoms with Gasteiger partial charge >= 0.3 is 5.97 Å². The number of carboxylic acid groups (broad SMARTS) is 1. The van der Waals surface area contributed by atoms with Crippen molar-refractivity contribution in [2.75, 3.05) is 0 Å². The molecule has 1 unspecified atom stereocenters. The molecule has 1 aromatic carbocycles. The fourth-order valence-corrected chi connectivity index (χ4v) is 2.30. The minimum atomic E-state index is -0.823. The first-order valence-electron chi connectivity index (χ1n) is 7.17. The number of hydrogen-bond acceptors (Lipinski definition) is 4. The van der Waals surface area contributed by atoms with E-state index in [1.54, 1.807) is 31.2 Å². The van der Waals surface area contributed by atoms with Crippen molar-refractivity contribution in [3.05, 3.63) is 29.8 Å². The Labute approximate surface area is 128 Å². The molecule has 118 valence electrons. The van der Waals surface area contributed by atoms with Crippen LogP contribution in [-0.4, -0.2) is 34.9 Å². The summed E-state index contributed by atoms with van der Waals surface area (Å²) in [4.78, 5) is 34.0. The predicted molar refractivity (Wildman–Crippen MR) is 78.8 cm³/mol. The zero-order chi connectivity index (χ0) is 16.3. The van der Waals surface area contributed by atoms with Crippen molar-refractivity contribution in [2.24, 2.45) is 5.92 Å². The Kier molecular flexibility index (Phi) is 4.80. The minimum Gasteiger partial charge on any atom is -0.481 e. The maximum atomic E-state index is 12.0. The maximum absolute atomic E-state index is 12.0. The second-order valence-corrected chi connectivity index (χ2v) is 5.56. The number of carbonyl (C=O) groups excluding carboxylic acids is 2. The lowest BCUT2D eigenvalue weighted by molar-refractivity contribution is -0.146. The second-order valence-electron chi connectivity index (χ2n) is 5.56. The molecule has 1 fully saturated rings. The van der Waals surface area contributed by atoms with Crippen LogP contribution in [0.1, 0.15) is 37.0 Å². The van der Waals surface area contributed by atoms with E-state index >= 15 is 0 Å². The van der Waals surface area contributed by atoms with Gasteiger partial charge in [-0.2, -0.15) is 0 Å². The van der Waals surface area contributed by atoms with Crippen LogP contribution in [-0.2, 0) is 9.59 Å². The van der Waals surface area contributed by atoms with E-state index in [4.69, 9.17) is 9.84 Å². The third kappa shape index (κ3) is 3.84. The molecular weight excluding hydrogens is 286 g/mol. The van der Waals surface area contributed by atoms with Crippen LogP contribution < -0.4 is 10.1 Å². The molecule has 1 saturated carbocycles. The van der Waals surface area contributed by atoms with Crippen LogP contribution in [0.15, 0.2) is 24.3 Å². The largest absolute Gasteiger partial charge is 0.481 e. The van der Waals surface area contributed by atoms with E-state index in [0.717, 1.165) is 0 Å². The fourth-order valence-electron chi connectivity index (χ4n) is 2.30. The van der Waals surface area contributed by atoms with E-state index in [1.165, 1.54) is 6.92 Å². The van der Waals surface area contributed by atoms with E-state index in [1.807, 2.05) is 0 Å². The van der Waals surface area contributed by atoms with Crippen molar-refractivity contribution in [3.8, 4) is 5.75 Å². The quantitative estimate of drug-likeness (QED) is 0.779. The predicted octanol–water partition coefficient (Wildman–Crippen LogP) is 1.64. The average Bonchev–Trinajstić information content (AvgIpc) is 2.41. The normalized spacial score (nSPS) is 21.4. The van der Waals surface area contributed by atoms with Gasteiger partial charge in [-0.05, 0) is 38.8 Å². The van der Waals surface area contributed by atoms with Crippen LogP contribution in [0.3, 0.4) is 0 Å². The summed E-state index contributed by atoms with van der Waals surface area (Å²) in [5.41, 5.74) is 0.522. The SMILES string of the molecule is CC(=O)c1cccc(OC(C)C(=O)NC2CC(C(=O)O)C2)c1. The number of carboxylic acids is 1. The zero-order valence-corrected chi connectivity index (χ0v) is 12.5. The molecular formula is C16H19NO5. The Bertz CT molecular complexity index is 592. The molecule has 0 radical (unpaired) electrons. The first-order valence-corrected chi connectivity index (χ1v) is 7.17. The first-order chi connectivity index (χ1) is 10.4. The summed E-state index contributed by atoms with van der Waals surface area (Å²) in [5.74, 6) is -1.10. The molecule has 0 aromatic heterocycles. The standard InChI is InChI=1S/C16H19NO5/c1-9(18)11-4-3-5-14(8-11)22-10(2)15(19)17-13-6-12(7-13)16(20)21/h3-5,8,10,12-13H,6-7H2,1-2H3,(H,17,19)(H,20,21). The minimum absolute atomic E-state index is 0.0725. The maximum Gasteiger partial charge on any atom is 0.306 e. The first kappa shape index (κ1) is 16.0. The highest BCUT2D eigenvalue weighted by molar-refractivity contribution is 5.94. The molecule has 1 aliphatic rings. The van der Waals surface area contributed by atoms with Gasteiger partial charge in [0.15, 0.2) is 11.9 Å². The number of ketones is 1. The average molecular weight is 305 g/mol. The van der Waals surface area contributed by atoms with Gasteiger partial charge in [-0.25, -0.2) is 0 Å². The van der Waals surface area contributed by atoms with Crippen molar-refractivity contribution in [1.29, 1.82) is 0 Å². The number of nitrogens with one attached hydrogen (secondary N) is 1. The summed E-state index contributed by atoms with van der Waals surface area (Å²) >= 11 is 0. The Morgan fingerprint density at radius 2 is 2.00 bits per heavy atom. The lowest BCUT2D eigenvalue weighted by Crippen LogP contribution is -2.50. The van der Waals surface area contributed by atoms with Crippen LogP contribution in [0.2, 0.25) is 0 Å². The van der Waals surface area contributed by atoms with Gasteiger partial charge in [0.25, 0.3) is 5.91 Å². The number of Topliss-reactive ketones (excluding diaryl/α,β-unsaturated/α-hetero) is 1. The summed E-state index contributed by atoms with van der Waals surface area (Å²) in [6.45, 7) is 3.08. The van der Waals surface area contributed by atoms with Gasteiger partial charge in [0.1, 0.15) is 5.75 Å². The van der Waals surface area contributed by atoms with Crippen LogP contribution in [0.5, 0.6) is 5.75 Å². The van der Waals surface area contributed by atoms with E-state index in [9.17, 15) is 14.4 Å². The number of rotatable bonds is 6. The van der Waals surface area contributed by atoms with Gasteiger partial charge in [-0.15, -0.1) is 0 Å². The molecule has 0 spiro atoms. The summed E-state index contributed by atoms with van der Waals surface area (Å²) < 4.78 is 5.53. The highest BCUT2D eigenvalue weighted by Crippen LogP contribution is 2.27. The number of aliphatic carboxylic acids is 1. The fraction of sp³-hybridized carbons (Fsp3) is 0.438. The van der Waals surface area contributed by atoms with E-state index < -0.39 is 12.1 Å². The highest BCUT2D eigenvalue weighted by Gasteiger charge is 2.36. The number of hydrogen-bond donors (Lipinski definition) is 2. The van der Waals surface area contributed by atoms with Gasteiger partial charge in [0.05, 0.1) is 5.92 Å². The van der Waals surface area contributed by atoms with Gasteiger partial charge in [0.2, 0.25) is 0 Å². The third-order valence-corrected chi connectivity index (χ3v) is 3.76. The van der Waals surface area contributed by atoms with E-state index in [0.29, 0.717) is 24.2 Å². The molecule has 1 aliphatic carbocycles. The van der Waals surface area contributed by atoms with Crippen LogP contribution in [0.25, 0.3) is 0 Å². The summed E-state index contributed by atoms with van der Waals surface area (Å²) in [6, 6.07) is 6.54. The van der Waals surface area contributed by atoms with Crippen LogP contribution in [0, 0.1) is 5.92 Å². The number of carbonyl (C=O) groups is 3. The smallest absolute Gasteiger partial charge is 0.306 e. The van der Waals surface area contributed by atoms with Crippen molar-refractivity contribution in [1.82, 2.24) is 5.32 Å². The topological polar surface area (TPSA) is 92.7 Å². The summed E-state index contributed by atoms with van der Waals surface area (Å²) in [6.07, 6.45) is 0.187. The Balaban J connectivity index is 1.85. The molecule has 1 amide bonds. The molecule has 6 nitrogen and oxygen atoms in total. The lowest BCUT2D eigenvalue weighted by Gasteiger charge is -2.33. The van der Waals surface area contributed by atoms with Crippen molar-refractivity contribution >= 4 is 17.7 Å². The monoisotopic (exact) mass is 305 g/mol. The molecule has 0 heterocycles. The Morgan fingerprint density at radius 1 is 1.32 bits per heavy atom. The highest BCUT2D eigenvalue weighted by atomic mass is 16.5. The lowest BCUT2D eigenvalue weighted by atomic mass is 9.80. The van der Waals surface area contributed by atoms with E-state index in [-0.39, 0.29) is 23.7 Å². The van der Waals surface area contributed by atoms with Gasteiger partial charge in [0, 0.05) is 11.6 Å². The molecule has 1 aromatic rings. The Hall–Kier alpha value is -2.37. The van der Waals surface area contributed by atoms with Gasteiger partial charge < -0.3 is 15.2 Å². The van der Waals surface area contributed by atoms with Crippen LogP contribution >= 0.6 is 0 Å². The number of ether oxygens (including phenoxy) is 1. The van der Waals surface area contributed by atoms with Crippen molar-refractivity contribution < 1.29 is 24.2 Å². The van der Waals surface area contributed by atoms with Crippen LogP contribution in [0.4, 0.5) is 0 Å². The molecule has 0 aliphatic heterocycles. The zero-order valence-electron chi connectivity index (χ0n) is 12.5. The molecule has 2 N–H and O–H groups in total. The Morgan fingerprint density at radius 3 is 2.59 bits per heavy atom. The van der Waals surface area contributed by atoms with Gasteiger partial charge in [-0.3, -0.25) is 14.4 Å². The third-order valence-electron chi connectivity index (χ3n) is 3.76. The van der Waals surface area contributed by atoms with E-state index in [2.05, 4.69) is 5.32 Å². The molecule has 0 saturated heterocycles. The second kappa shape index (κ2) is 6.60. The number of benzene rings is 1. The molecule has 2 rings (SSSR count). The van der Waals surface area contributed by atoms with Crippen molar-refractivity contribution in [2.45, 2.75) is 38.8 Å². The van der Waals surface area contributed by atoms with Crippen molar-refractivity contribution in [3.63, 3.8) is 0 Å². The van der Waals surface area contributed by atoms with Gasteiger partial charge in [-0.1, -0.05) is 12.1 Å². The summed E-state index contributed by atoms with van der Waals surface area (Å²) in [7, 11) is 0. The summed E-state index contributed by atoms with van der Waals surface area (Å²) in [5, 5.41) is 11.6. The molecule has 1 atom stereocenters. The molecule has 22 heavy (non-hydrogen) atoms.